The van der Waals surface area contributed by atoms with Crippen LogP contribution in [0, 0.1) is 0 Å². The Hall–Kier alpha value is -1.81. The van der Waals surface area contributed by atoms with Crippen molar-refractivity contribution in [2.24, 2.45) is 0 Å². The van der Waals surface area contributed by atoms with E-state index < -0.39 is 0 Å². The van der Waals surface area contributed by atoms with Crippen LogP contribution in [0.15, 0.2) is 22.8 Å². The van der Waals surface area contributed by atoms with Crippen LogP contribution in [-0.2, 0) is 24.1 Å². The van der Waals surface area contributed by atoms with Crippen molar-refractivity contribution in [3.63, 3.8) is 0 Å². The van der Waals surface area contributed by atoms with Crippen LogP contribution in [0.1, 0.15) is 29.5 Å². The number of hydrogen-bond donors (Lipinski definition) is 1. The average Bonchev–Trinajstić information content (AvgIpc) is 3.25. The summed E-state index contributed by atoms with van der Waals surface area (Å²) in [6, 6.07) is 4.73. The van der Waals surface area contributed by atoms with Gasteiger partial charge in [0.1, 0.15) is 5.58 Å². The van der Waals surface area contributed by atoms with Crippen LogP contribution in [0.2, 0.25) is 0 Å². The van der Waals surface area contributed by atoms with Gasteiger partial charge in [-0.3, -0.25) is 4.79 Å². The fourth-order valence-electron chi connectivity index (χ4n) is 3.75. The number of nitrogens with one attached hydrogen (secondary N) is 1. The van der Waals surface area contributed by atoms with Crippen molar-refractivity contribution in [2.45, 2.75) is 38.1 Å². The van der Waals surface area contributed by atoms with E-state index in [-0.39, 0.29) is 5.91 Å². The summed E-state index contributed by atoms with van der Waals surface area (Å²) in [6.45, 7) is 1.91. The number of furan rings is 1. The third-order valence-electron chi connectivity index (χ3n) is 5.19. The standard InChI is InChI=1S/C18H22N2O2/c1-20(15-5-6-19-10-15)18(21)9-14-11-22-17-8-13-4-2-3-12(13)7-16(14)17/h7-8,11,15,19H,2-6,9-10H2,1H3. The molecule has 1 aliphatic heterocycles. The lowest BCUT2D eigenvalue weighted by Gasteiger charge is -2.23. The van der Waals surface area contributed by atoms with Crippen LogP contribution in [-0.4, -0.2) is 37.0 Å². The molecule has 4 rings (SSSR count). The SMILES string of the molecule is CN(C(=O)Cc1coc2cc3c(cc12)CCC3)C1CCNC1. The quantitative estimate of drug-likeness (QED) is 0.945. The highest BCUT2D eigenvalue weighted by molar-refractivity contribution is 5.88. The van der Waals surface area contributed by atoms with E-state index in [0.717, 1.165) is 48.9 Å². The van der Waals surface area contributed by atoms with Crippen molar-refractivity contribution in [1.82, 2.24) is 10.2 Å². The monoisotopic (exact) mass is 298 g/mol. The molecule has 22 heavy (non-hydrogen) atoms. The molecule has 0 spiro atoms. The molecule has 116 valence electrons. The van der Waals surface area contributed by atoms with E-state index in [4.69, 9.17) is 4.42 Å². The summed E-state index contributed by atoms with van der Waals surface area (Å²) >= 11 is 0. The first-order chi connectivity index (χ1) is 10.7. The summed E-state index contributed by atoms with van der Waals surface area (Å²) in [4.78, 5) is 14.4. The minimum atomic E-state index is 0.178. The predicted molar refractivity (Wildman–Crippen MR) is 86.0 cm³/mol. The molecule has 0 saturated carbocycles. The third-order valence-corrected chi connectivity index (χ3v) is 5.19. The zero-order chi connectivity index (χ0) is 15.1. The largest absolute Gasteiger partial charge is 0.464 e. The molecule has 1 aromatic heterocycles. The fraction of sp³-hybridized carbons (Fsp3) is 0.500. The Morgan fingerprint density at radius 3 is 2.95 bits per heavy atom. The van der Waals surface area contributed by atoms with E-state index in [1.54, 1.807) is 6.26 Å². The lowest BCUT2D eigenvalue weighted by Crippen LogP contribution is -2.39. The van der Waals surface area contributed by atoms with Gasteiger partial charge in [0.2, 0.25) is 5.91 Å². The topological polar surface area (TPSA) is 45.5 Å². The van der Waals surface area contributed by atoms with Crippen LogP contribution in [0.5, 0.6) is 0 Å². The van der Waals surface area contributed by atoms with Gasteiger partial charge in [-0.25, -0.2) is 0 Å². The maximum Gasteiger partial charge on any atom is 0.227 e. The van der Waals surface area contributed by atoms with Crippen molar-refractivity contribution in [3.05, 3.63) is 35.1 Å². The van der Waals surface area contributed by atoms with Gasteiger partial charge in [-0.05, 0) is 55.5 Å². The summed E-state index contributed by atoms with van der Waals surface area (Å²) in [6.07, 6.45) is 6.77. The van der Waals surface area contributed by atoms with Crippen molar-refractivity contribution >= 4 is 16.9 Å². The lowest BCUT2D eigenvalue weighted by molar-refractivity contribution is -0.130. The second-order valence-electron chi connectivity index (χ2n) is 6.56. The Morgan fingerprint density at radius 1 is 1.36 bits per heavy atom. The highest BCUT2D eigenvalue weighted by Crippen LogP contribution is 2.30. The van der Waals surface area contributed by atoms with Gasteiger partial charge in [0.15, 0.2) is 0 Å². The van der Waals surface area contributed by atoms with Crippen molar-refractivity contribution in [1.29, 1.82) is 0 Å². The van der Waals surface area contributed by atoms with E-state index in [1.165, 1.54) is 17.5 Å². The van der Waals surface area contributed by atoms with Crippen molar-refractivity contribution in [2.75, 3.05) is 20.1 Å². The molecule has 1 unspecified atom stereocenters. The van der Waals surface area contributed by atoms with Crippen molar-refractivity contribution < 1.29 is 9.21 Å². The van der Waals surface area contributed by atoms with E-state index >= 15 is 0 Å². The Balaban J connectivity index is 1.57. The molecule has 1 fully saturated rings. The summed E-state index contributed by atoms with van der Waals surface area (Å²) in [5.74, 6) is 0.178. The minimum absolute atomic E-state index is 0.178. The number of rotatable bonds is 3. The molecule has 4 heteroatoms. The third kappa shape index (κ3) is 2.31. The first-order valence-corrected chi connectivity index (χ1v) is 8.20. The minimum Gasteiger partial charge on any atom is -0.464 e. The fourth-order valence-corrected chi connectivity index (χ4v) is 3.75. The molecule has 1 N–H and O–H groups in total. The first-order valence-electron chi connectivity index (χ1n) is 8.20. The molecule has 2 aliphatic rings. The molecule has 0 bridgehead atoms. The smallest absolute Gasteiger partial charge is 0.227 e. The Morgan fingerprint density at radius 2 is 2.18 bits per heavy atom. The van der Waals surface area contributed by atoms with Crippen LogP contribution in [0.4, 0.5) is 0 Å². The van der Waals surface area contributed by atoms with E-state index in [0.29, 0.717) is 12.5 Å². The Labute approximate surface area is 130 Å². The highest BCUT2D eigenvalue weighted by Gasteiger charge is 2.24. The molecule has 2 heterocycles. The zero-order valence-electron chi connectivity index (χ0n) is 13.0. The van der Waals surface area contributed by atoms with Gasteiger partial charge in [-0.15, -0.1) is 0 Å². The molecular weight excluding hydrogens is 276 g/mol. The molecular formula is C18H22N2O2. The average molecular weight is 298 g/mol. The second kappa shape index (κ2) is 5.43. The van der Waals surface area contributed by atoms with Crippen LogP contribution in [0.3, 0.4) is 0 Å². The number of fused-ring (bicyclic) bond motifs is 2. The number of hydrogen-bond acceptors (Lipinski definition) is 3. The van der Waals surface area contributed by atoms with Gasteiger partial charge in [-0.1, -0.05) is 0 Å². The zero-order valence-corrected chi connectivity index (χ0v) is 13.0. The number of carbonyl (C=O) groups excluding carboxylic acids is 1. The van der Waals surface area contributed by atoms with Gasteiger partial charge >= 0.3 is 0 Å². The summed E-state index contributed by atoms with van der Waals surface area (Å²) < 4.78 is 5.70. The van der Waals surface area contributed by atoms with Gasteiger partial charge in [0.25, 0.3) is 0 Å². The molecule has 1 amide bonds. The van der Waals surface area contributed by atoms with Crippen LogP contribution < -0.4 is 5.32 Å². The van der Waals surface area contributed by atoms with Gasteiger partial charge in [-0.2, -0.15) is 0 Å². The van der Waals surface area contributed by atoms with Gasteiger partial charge in [0, 0.05) is 30.6 Å². The van der Waals surface area contributed by atoms with Crippen LogP contribution in [0.25, 0.3) is 11.0 Å². The lowest BCUT2D eigenvalue weighted by atomic mass is 10.0. The summed E-state index contributed by atoms with van der Waals surface area (Å²) in [5, 5.41) is 4.43. The Kier molecular flexibility index (Phi) is 3.41. The van der Waals surface area contributed by atoms with Gasteiger partial charge in [0.05, 0.1) is 12.7 Å². The summed E-state index contributed by atoms with van der Waals surface area (Å²) in [7, 11) is 1.92. The number of aryl methyl sites for hydroxylation is 2. The second-order valence-corrected chi connectivity index (χ2v) is 6.56. The van der Waals surface area contributed by atoms with Crippen molar-refractivity contribution in [3.8, 4) is 0 Å². The molecule has 0 radical (unpaired) electrons. The first kappa shape index (κ1) is 13.8. The molecule has 1 aromatic carbocycles. The molecule has 2 aromatic rings. The maximum atomic E-state index is 12.5. The summed E-state index contributed by atoms with van der Waals surface area (Å²) in [5.41, 5.74) is 4.78. The predicted octanol–water partition coefficient (Wildman–Crippen LogP) is 2.28. The maximum absolute atomic E-state index is 12.5. The number of nitrogens with zero attached hydrogens (tertiary/aromatic N) is 1. The highest BCUT2D eigenvalue weighted by atomic mass is 16.3. The van der Waals surface area contributed by atoms with E-state index in [2.05, 4.69) is 17.4 Å². The number of likely N-dealkylation sites (N-methyl/N-ethyl adjacent to an activating group) is 1. The van der Waals surface area contributed by atoms with E-state index in [9.17, 15) is 4.79 Å². The molecule has 1 saturated heterocycles. The van der Waals surface area contributed by atoms with E-state index in [1.807, 2.05) is 11.9 Å². The number of carbonyl (C=O) groups is 1. The normalized spacial score (nSPS) is 20.5. The molecule has 1 aliphatic carbocycles. The number of amides is 1. The van der Waals surface area contributed by atoms with Gasteiger partial charge < -0.3 is 14.6 Å². The molecule has 4 nitrogen and oxygen atoms in total. The molecule has 1 atom stereocenters. The van der Waals surface area contributed by atoms with Crippen LogP contribution >= 0.6 is 0 Å². The number of benzene rings is 1. The Bertz CT molecular complexity index is 713.